The maximum absolute atomic E-state index is 11.2. The molecular formula is C10H14B2N4O2. The van der Waals surface area contributed by atoms with Crippen LogP contribution in [0.1, 0.15) is 0 Å². The molecule has 1 heterocycles. The van der Waals surface area contributed by atoms with E-state index < -0.39 is 24.8 Å². The third kappa shape index (κ3) is 3.49. The zero-order valence-corrected chi connectivity index (χ0v) is 10.3. The van der Waals surface area contributed by atoms with Crippen LogP contribution in [0.5, 0.6) is 0 Å². The van der Waals surface area contributed by atoms with E-state index >= 15 is 0 Å². The number of nitrogens with zero attached hydrogens (tertiary/aromatic N) is 4. The van der Waals surface area contributed by atoms with Crippen LogP contribution in [0, 0.1) is 23.8 Å². The minimum absolute atomic E-state index is 0.171. The Morgan fingerprint density at radius 1 is 1.61 bits per heavy atom. The van der Waals surface area contributed by atoms with Crippen molar-refractivity contribution < 1.29 is 9.82 Å². The van der Waals surface area contributed by atoms with Gasteiger partial charge < -0.3 is 19.6 Å². The molecule has 1 aliphatic heterocycles. The van der Waals surface area contributed by atoms with Gasteiger partial charge in [0.15, 0.2) is 5.81 Å². The molecule has 0 unspecified atom stereocenters. The van der Waals surface area contributed by atoms with Crippen LogP contribution in [0.4, 0.5) is 4.79 Å². The summed E-state index contributed by atoms with van der Waals surface area (Å²) in [6.07, 6.45) is 0. The summed E-state index contributed by atoms with van der Waals surface area (Å²) in [4.78, 5) is 17.6. The van der Waals surface area contributed by atoms with Crippen LogP contribution in [0.25, 0.3) is 4.85 Å². The first-order chi connectivity index (χ1) is 8.49. The monoisotopic (exact) mass is 244 g/mol. The standard InChI is InChI=1S/C10H14B2N4O2/c1-12(18)16-4-3-15(10(11)17)7-9(14-2)8(5-13)6-16/h8-9,18H,3-4,6-7H2,1H3/t8-,9-/m0/s1. The van der Waals surface area contributed by atoms with E-state index in [0.717, 1.165) is 0 Å². The molecule has 2 atom stereocenters. The Bertz CT molecular complexity index is 390. The SMILES string of the molecule is [B]C(=O)N1CCN(B(C)O)C[C@H](C#N)[C@@H]([N+]#[C-])C1. The first kappa shape index (κ1) is 14.6. The average molecular weight is 244 g/mol. The maximum Gasteiger partial charge on any atom is 0.376 e. The molecule has 0 saturated carbocycles. The molecule has 0 spiro atoms. The van der Waals surface area contributed by atoms with E-state index in [4.69, 9.17) is 19.7 Å². The van der Waals surface area contributed by atoms with Crippen molar-refractivity contribution in [2.24, 2.45) is 5.92 Å². The highest BCUT2D eigenvalue weighted by Gasteiger charge is 2.35. The fourth-order valence-corrected chi connectivity index (χ4v) is 1.96. The maximum atomic E-state index is 11.2. The molecule has 0 bridgehead atoms. The number of amides is 1. The van der Waals surface area contributed by atoms with E-state index in [2.05, 4.69) is 10.9 Å². The Kier molecular flexibility index (Phi) is 5.21. The summed E-state index contributed by atoms with van der Waals surface area (Å²) in [6, 6.07) is 1.46. The Balaban J connectivity index is 2.91. The van der Waals surface area contributed by atoms with Gasteiger partial charge in [-0.05, 0) is 6.82 Å². The van der Waals surface area contributed by atoms with Gasteiger partial charge in [-0.3, -0.25) is 4.79 Å². The lowest BCUT2D eigenvalue weighted by molar-refractivity contribution is 0.193. The summed E-state index contributed by atoms with van der Waals surface area (Å²) >= 11 is 0. The largest absolute Gasteiger partial charge is 0.437 e. The minimum Gasteiger partial charge on any atom is -0.437 e. The highest BCUT2D eigenvalue weighted by atomic mass is 16.2. The van der Waals surface area contributed by atoms with Crippen molar-refractivity contribution in [3.63, 3.8) is 0 Å². The molecule has 1 N–H and O–H groups in total. The van der Waals surface area contributed by atoms with Crippen molar-refractivity contribution in [3.8, 4) is 6.07 Å². The van der Waals surface area contributed by atoms with Crippen molar-refractivity contribution in [1.29, 1.82) is 5.26 Å². The van der Waals surface area contributed by atoms with Gasteiger partial charge in [0.25, 0.3) is 6.04 Å². The fourth-order valence-electron chi connectivity index (χ4n) is 1.96. The molecule has 0 aromatic carbocycles. The van der Waals surface area contributed by atoms with Crippen LogP contribution in [-0.4, -0.2) is 67.7 Å². The van der Waals surface area contributed by atoms with Gasteiger partial charge in [0.1, 0.15) is 5.92 Å². The van der Waals surface area contributed by atoms with Gasteiger partial charge in [0.05, 0.1) is 12.6 Å². The van der Waals surface area contributed by atoms with Gasteiger partial charge >= 0.3 is 7.05 Å². The molecule has 0 aromatic heterocycles. The number of nitriles is 1. The van der Waals surface area contributed by atoms with Gasteiger partial charge in [-0.15, -0.1) is 0 Å². The second-order valence-electron chi connectivity index (χ2n) is 4.34. The first-order valence-corrected chi connectivity index (χ1v) is 5.72. The summed E-state index contributed by atoms with van der Waals surface area (Å²) in [6.45, 7) is 10.00. The Morgan fingerprint density at radius 2 is 2.28 bits per heavy atom. The number of rotatable bonds is 1. The van der Waals surface area contributed by atoms with E-state index in [1.165, 1.54) is 4.90 Å². The second-order valence-corrected chi connectivity index (χ2v) is 4.34. The zero-order valence-electron chi connectivity index (χ0n) is 10.3. The summed E-state index contributed by atoms with van der Waals surface area (Å²) in [5, 5.41) is 18.7. The molecule has 0 aromatic rings. The van der Waals surface area contributed by atoms with Crippen molar-refractivity contribution in [2.45, 2.75) is 12.9 Å². The van der Waals surface area contributed by atoms with Crippen LogP contribution in [-0.2, 0) is 0 Å². The minimum atomic E-state index is -0.722. The Morgan fingerprint density at radius 3 is 2.72 bits per heavy atom. The molecule has 92 valence electrons. The predicted octanol–water partition coefficient (Wildman–Crippen LogP) is -0.570. The van der Waals surface area contributed by atoms with Crippen LogP contribution >= 0.6 is 0 Å². The molecule has 2 radical (unpaired) electrons. The third-order valence-electron chi connectivity index (χ3n) is 3.13. The van der Waals surface area contributed by atoms with Gasteiger partial charge in [0, 0.05) is 19.6 Å². The fraction of sp³-hybridized carbons (Fsp3) is 0.700. The molecule has 1 rings (SSSR count). The molecule has 1 aliphatic rings. The lowest BCUT2D eigenvalue weighted by Crippen LogP contribution is -2.52. The summed E-state index contributed by atoms with van der Waals surface area (Å²) in [7, 11) is 4.51. The molecule has 6 nitrogen and oxygen atoms in total. The summed E-state index contributed by atoms with van der Waals surface area (Å²) in [5.41, 5.74) is 0. The van der Waals surface area contributed by atoms with Crippen LogP contribution in [0.3, 0.4) is 0 Å². The van der Waals surface area contributed by atoms with Crippen molar-refractivity contribution >= 4 is 20.7 Å². The topological polar surface area (TPSA) is 71.9 Å². The van der Waals surface area contributed by atoms with Gasteiger partial charge in [-0.25, -0.2) is 6.57 Å². The number of carbonyl (C=O) groups is 1. The van der Waals surface area contributed by atoms with Gasteiger partial charge in [-0.1, -0.05) is 0 Å². The molecule has 18 heavy (non-hydrogen) atoms. The van der Waals surface area contributed by atoms with E-state index in [-0.39, 0.29) is 6.54 Å². The highest BCUT2D eigenvalue weighted by Crippen LogP contribution is 2.15. The Hall–Kier alpha value is -1.50. The average Bonchev–Trinajstić information content (AvgIpc) is 2.28. The van der Waals surface area contributed by atoms with Crippen LogP contribution in [0.15, 0.2) is 0 Å². The van der Waals surface area contributed by atoms with Crippen LogP contribution < -0.4 is 0 Å². The summed E-state index contributed by atoms with van der Waals surface area (Å²) < 4.78 is 0. The molecule has 8 heteroatoms. The highest BCUT2D eigenvalue weighted by molar-refractivity contribution is 6.56. The lowest BCUT2D eigenvalue weighted by Gasteiger charge is -2.33. The zero-order chi connectivity index (χ0) is 13.7. The van der Waals surface area contributed by atoms with Crippen molar-refractivity contribution in [2.75, 3.05) is 26.2 Å². The smallest absolute Gasteiger partial charge is 0.376 e. The van der Waals surface area contributed by atoms with E-state index in [1.807, 2.05) is 0 Å². The Labute approximate surface area is 109 Å². The van der Waals surface area contributed by atoms with E-state index in [1.54, 1.807) is 11.6 Å². The quantitative estimate of drug-likeness (QED) is 0.495. The normalized spacial score (nSPS) is 25.4. The van der Waals surface area contributed by atoms with Crippen LogP contribution in [0.2, 0.25) is 6.82 Å². The first-order valence-electron chi connectivity index (χ1n) is 5.72. The molecule has 0 aliphatic carbocycles. The number of hydrogen-bond acceptors (Lipinski definition) is 4. The number of hydrogen-bond donors (Lipinski definition) is 1. The lowest BCUT2D eigenvalue weighted by atomic mass is 9.82. The predicted molar refractivity (Wildman–Crippen MR) is 67.6 cm³/mol. The molecule has 1 fully saturated rings. The third-order valence-corrected chi connectivity index (χ3v) is 3.13. The molecule has 1 saturated heterocycles. The van der Waals surface area contributed by atoms with Crippen molar-refractivity contribution in [3.05, 3.63) is 11.4 Å². The summed E-state index contributed by atoms with van der Waals surface area (Å²) in [5.74, 6) is -1.15. The van der Waals surface area contributed by atoms with E-state index in [0.29, 0.717) is 19.6 Å². The number of carbonyl (C=O) groups excluding carboxylic acids is 1. The second kappa shape index (κ2) is 6.44. The van der Waals surface area contributed by atoms with Crippen molar-refractivity contribution in [1.82, 2.24) is 9.71 Å². The molecule has 1 amide bonds. The molecular weight excluding hydrogens is 230 g/mol. The van der Waals surface area contributed by atoms with Gasteiger partial charge in [-0.2, -0.15) is 5.26 Å². The van der Waals surface area contributed by atoms with Gasteiger partial charge in [0.2, 0.25) is 7.85 Å². The van der Waals surface area contributed by atoms with E-state index in [9.17, 15) is 9.82 Å².